The zero-order chi connectivity index (χ0) is 14.3. The number of carbonyl (C=O) groups is 1. The van der Waals surface area contributed by atoms with Crippen molar-refractivity contribution in [2.45, 2.75) is 19.8 Å². The molecule has 0 amide bonds. The highest BCUT2D eigenvalue weighted by molar-refractivity contribution is 7.18. The predicted octanol–water partition coefficient (Wildman–Crippen LogP) is 2.68. The Morgan fingerprint density at radius 2 is 2.25 bits per heavy atom. The lowest BCUT2D eigenvalue weighted by atomic mass is 10.1. The van der Waals surface area contributed by atoms with Gasteiger partial charge in [-0.05, 0) is 19.4 Å². The predicted molar refractivity (Wildman–Crippen MR) is 77.5 cm³/mol. The molecular weight excluding hydrogens is 278 g/mol. The van der Waals surface area contributed by atoms with Gasteiger partial charge < -0.3 is 4.90 Å². The number of rotatable bonds is 2. The molecule has 7 heteroatoms. The summed E-state index contributed by atoms with van der Waals surface area (Å²) in [6.45, 7) is 2.79. The number of fused-ring (bicyclic) bond motifs is 1. The third-order valence-electron chi connectivity index (χ3n) is 3.38. The maximum atomic E-state index is 11.6. The van der Waals surface area contributed by atoms with Gasteiger partial charge in [0.25, 0.3) is 5.69 Å². The molecule has 1 aliphatic rings. The summed E-state index contributed by atoms with van der Waals surface area (Å²) in [7, 11) is 0. The summed E-state index contributed by atoms with van der Waals surface area (Å²) in [5.41, 5.74) is 1.31. The summed E-state index contributed by atoms with van der Waals surface area (Å²) in [5.74, 6) is 0.125. The van der Waals surface area contributed by atoms with Gasteiger partial charge in [0, 0.05) is 19.0 Å². The largest absolute Gasteiger partial charge is 0.359 e. The highest BCUT2D eigenvalue weighted by Gasteiger charge is 2.25. The SMILES string of the molecule is Cc1nc2cc(N3CCCC(=O)C3)c([N+](=O)[O-])cc2s1. The first-order valence-corrected chi connectivity index (χ1v) is 7.18. The van der Waals surface area contributed by atoms with Gasteiger partial charge in [0.1, 0.15) is 5.69 Å². The maximum absolute atomic E-state index is 11.6. The van der Waals surface area contributed by atoms with E-state index in [2.05, 4.69) is 4.98 Å². The Labute approximate surface area is 119 Å². The van der Waals surface area contributed by atoms with Crippen molar-refractivity contribution in [3.8, 4) is 0 Å². The fourth-order valence-electron chi connectivity index (χ4n) is 2.51. The van der Waals surface area contributed by atoms with Gasteiger partial charge in [0.15, 0.2) is 5.78 Å². The first-order valence-electron chi connectivity index (χ1n) is 6.37. The summed E-state index contributed by atoms with van der Waals surface area (Å²) < 4.78 is 0.807. The normalized spacial score (nSPS) is 15.8. The number of hydrogen-bond donors (Lipinski definition) is 0. The van der Waals surface area contributed by atoms with Crippen molar-refractivity contribution in [1.29, 1.82) is 0 Å². The average Bonchev–Trinajstić information content (AvgIpc) is 2.76. The molecule has 1 fully saturated rings. The quantitative estimate of drug-likeness (QED) is 0.628. The smallest absolute Gasteiger partial charge is 0.294 e. The first-order chi connectivity index (χ1) is 9.54. The van der Waals surface area contributed by atoms with Gasteiger partial charge in [-0.25, -0.2) is 4.98 Å². The van der Waals surface area contributed by atoms with Crippen LogP contribution in [0.2, 0.25) is 0 Å². The van der Waals surface area contributed by atoms with E-state index in [-0.39, 0.29) is 22.9 Å². The number of aromatic nitrogens is 1. The molecule has 1 saturated heterocycles. The molecule has 0 aliphatic carbocycles. The summed E-state index contributed by atoms with van der Waals surface area (Å²) >= 11 is 1.44. The van der Waals surface area contributed by atoms with Crippen molar-refractivity contribution in [3.05, 3.63) is 27.3 Å². The summed E-state index contributed by atoms with van der Waals surface area (Å²) in [4.78, 5) is 28.6. The molecule has 1 aromatic carbocycles. The van der Waals surface area contributed by atoms with Crippen LogP contribution in [0.15, 0.2) is 12.1 Å². The third kappa shape index (κ3) is 2.24. The van der Waals surface area contributed by atoms with Gasteiger partial charge >= 0.3 is 0 Å². The minimum Gasteiger partial charge on any atom is -0.359 e. The molecular formula is C13H13N3O3S. The topological polar surface area (TPSA) is 76.3 Å². The van der Waals surface area contributed by atoms with Gasteiger partial charge in [0.2, 0.25) is 0 Å². The molecule has 0 bridgehead atoms. The number of nitrogens with zero attached hydrogens (tertiary/aromatic N) is 3. The highest BCUT2D eigenvalue weighted by Crippen LogP contribution is 2.36. The second-order valence-corrected chi connectivity index (χ2v) is 6.10. The maximum Gasteiger partial charge on any atom is 0.294 e. The third-order valence-corrected chi connectivity index (χ3v) is 4.31. The monoisotopic (exact) mass is 291 g/mol. The van der Waals surface area contributed by atoms with Gasteiger partial charge in [-0.15, -0.1) is 11.3 Å². The van der Waals surface area contributed by atoms with E-state index in [0.29, 0.717) is 18.7 Å². The number of benzene rings is 1. The van der Waals surface area contributed by atoms with Crippen LogP contribution in [-0.2, 0) is 4.79 Å². The molecule has 0 N–H and O–H groups in total. The molecule has 0 atom stereocenters. The molecule has 0 spiro atoms. The number of thiazole rings is 1. The lowest BCUT2D eigenvalue weighted by Crippen LogP contribution is -2.35. The van der Waals surface area contributed by atoms with E-state index in [1.165, 1.54) is 11.3 Å². The Balaban J connectivity index is 2.13. The lowest BCUT2D eigenvalue weighted by molar-refractivity contribution is -0.384. The van der Waals surface area contributed by atoms with E-state index < -0.39 is 0 Å². The summed E-state index contributed by atoms with van der Waals surface area (Å²) in [6, 6.07) is 3.30. The summed E-state index contributed by atoms with van der Waals surface area (Å²) in [5, 5.41) is 12.2. The minimum atomic E-state index is -0.386. The molecule has 1 aliphatic heterocycles. The second kappa shape index (κ2) is 4.82. The molecule has 3 rings (SSSR count). The number of aryl methyl sites for hydroxylation is 1. The number of nitro benzene ring substituents is 1. The van der Waals surface area contributed by atoms with Crippen molar-refractivity contribution in [3.63, 3.8) is 0 Å². The number of hydrogen-bond acceptors (Lipinski definition) is 6. The lowest BCUT2D eigenvalue weighted by Gasteiger charge is -2.27. The molecule has 2 heterocycles. The number of piperidine rings is 1. The fraction of sp³-hybridized carbons (Fsp3) is 0.385. The zero-order valence-corrected chi connectivity index (χ0v) is 11.8. The van der Waals surface area contributed by atoms with Gasteiger partial charge in [-0.3, -0.25) is 14.9 Å². The van der Waals surface area contributed by atoms with Crippen molar-refractivity contribution < 1.29 is 9.72 Å². The molecule has 20 heavy (non-hydrogen) atoms. The number of ketones is 1. The highest BCUT2D eigenvalue weighted by atomic mass is 32.1. The number of anilines is 1. The van der Waals surface area contributed by atoms with Crippen molar-refractivity contribution >= 4 is 38.7 Å². The number of carbonyl (C=O) groups excluding carboxylic acids is 1. The molecule has 0 radical (unpaired) electrons. The van der Waals surface area contributed by atoms with Crippen LogP contribution in [0.1, 0.15) is 17.8 Å². The zero-order valence-electron chi connectivity index (χ0n) is 11.0. The average molecular weight is 291 g/mol. The first kappa shape index (κ1) is 13.0. The molecule has 0 saturated carbocycles. The van der Waals surface area contributed by atoms with Crippen LogP contribution in [0.3, 0.4) is 0 Å². The van der Waals surface area contributed by atoms with E-state index in [1.54, 1.807) is 17.0 Å². The van der Waals surface area contributed by atoms with Crippen molar-refractivity contribution in [2.75, 3.05) is 18.0 Å². The Bertz CT molecular complexity index is 710. The van der Waals surface area contributed by atoms with Crippen LogP contribution >= 0.6 is 11.3 Å². The Morgan fingerprint density at radius 1 is 1.45 bits per heavy atom. The van der Waals surface area contributed by atoms with Gasteiger partial charge in [0.05, 0.1) is 26.7 Å². The standard InChI is InChI=1S/C13H13N3O3S/c1-8-14-10-5-11(15-4-2-3-9(17)7-15)12(16(18)19)6-13(10)20-8/h5-6H,2-4,7H2,1H3. The van der Waals surface area contributed by atoms with Crippen molar-refractivity contribution in [1.82, 2.24) is 4.98 Å². The molecule has 1 aromatic heterocycles. The molecule has 0 unspecified atom stereocenters. The Hall–Kier alpha value is -2.02. The summed E-state index contributed by atoms with van der Waals surface area (Å²) in [6.07, 6.45) is 1.30. The molecule has 2 aromatic rings. The van der Waals surface area contributed by atoms with Crippen LogP contribution < -0.4 is 4.90 Å². The van der Waals surface area contributed by atoms with Crippen LogP contribution in [0.25, 0.3) is 10.2 Å². The van der Waals surface area contributed by atoms with E-state index in [4.69, 9.17) is 0 Å². The van der Waals surface area contributed by atoms with Crippen LogP contribution in [0.4, 0.5) is 11.4 Å². The van der Waals surface area contributed by atoms with E-state index in [9.17, 15) is 14.9 Å². The van der Waals surface area contributed by atoms with Gasteiger partial charge in [-0.2, -0.15) is 0 Å². The fourth-order valence-corrected chi connectivity index (χ4v) is 3.35. The number of Topliss-reactive ketones (excluding diaryl/α,β-unsaturated/α-hetero) is 1. The Morgan fingerprint density at radius 3 is 2.95 bits per heavy atom. The van der Waals surface area contributed by atoms with Crippen LogP contribution in [-0.4, -0.2) is 28.8 Å². The van der Waals surface area contributed by atoms with E-state index >= 15 is 0 Å². The van der Waals surface area contributed by atoms with Crippen LogP contribution in [0, 0.1) is 17.0 Å². The molecule has 104 valence electrons. The van der Waals surface area contributed by atoms with Crippen molar-refractivity contribution in [2.24, 2.45) is 0 Å². The van der Waals surface area contributed by atoms with Gasteiger partial charge in [-0.1, -0.05) is 0 Å². The van der Waals surface area contributed by atoms with E-state index in [0.717, 1.165) is 21.6 Å². The molecule has 6 nitrogen and oxygen atoms in total. The number of nitro groups is 1. The van der Waals surface area contributed by atoms with E-state index in [1.807, 2.05) is 6.92 Å². The Kier molecular flexibility index (Phi) is 3.13. The second-order valence-electron chi connectivity index (χ2n) is 4.86. The van der Waals surface area contributed by atoms with Crippen LogP contribution in [0.5, 0.6) is 0 Å². The minimum absolute atomic E-state index is 0.0517.